The predicted molar refractivity (Wildman–Crippen MR) is 108 cm³/mol. The van der Waals surface area contributed by atoms with Crippen molar-refractivity contribution in [3.63, 3.8) is 0 Å². The topological polar surface area (TPSA) is 96.6 Å². The summed E-state index contributed by atoms with van der Waals surface area (Å²) in [5.41, 5.74) is 8.28. The Labute approximate surface area is 158 Å². The van der Waals surface area contributed by atoms with E-state index in [-0.39, 0.29) is 11.9 Å². The molecule has 1 aliphatic rings. The lowest BCUT2D eigenvalue weighted by molar-refractivity contribution is -0.120. The highest BCUT2D eigenvalue weighted by Crippen LogP contribution is 2.23. The Balaban J connectivity index is 0.000000431. The Bertz CT molecular complexity index is 778. The van der Waals surface area contributed by atoms with E-state index in [9.17, 15) is 9.59 Å². The number of fused-ring (bicyclic) bond motifs is 1. The van der Waals surface area contributed by atoms with Gasteiger partial charge in [-0.1, -0.05) is 48.5 Å². The lowest BCUT2D eigenvalue weighted by Crippen LogP contribution is -2.37. The Kier molecular flexibility index (Phi) is 7.37. The van der Waals surface area contributed by atoms with Crippen molar-refractivity contribution in [3.05, 3.63) is 65.7 Å². The first-order chi connectivity index (χ1) is 12.6. The number of rotatable bonds is 4. The molecule has 2 aromatic carbocycles. The maximum absolute atomic E-state index is 12.1. The average Bonchev–Trinajstić information content (AvgIpc) is 2.80. The van der Waals surface area contributed by atoms with Gasteiger partial charge in [0.15, 0.2) is 0 Å². The van der Waals surface area contributed by atoms with E-state index >= 15 is 0 Å². The first-order valence-electron chi connectivity index (χ1n) is 8.16. The fourth-order valence-electron chi connectivity index (χ4n) is 2.26. The third kappa shape index (κ3) is 5.18. The zero-order valence-corrected chi connectivity index (χ0v) is 15.3. The van der Waals surface area contributed by atoms with E-state index in [1.165, 1.54) is 0 Å². The molecule has 0 bridgehead atoms. The second-order valence-electron chi connectivity index (χ2n) is 5.73. The SMILES string of the molecule is C[C@@H](N)CS.O=CNC1N=C(c2ccccc2)c2ccccc2NC1=O. The van der Waals surface area contributed by atoms with Crippen LogP contribution in [0.25, 0.3) is 0 Å². The Morgan fingerprint density at radius 3 is 2.46 bits per heavy atom. The molecule has 7 heteroatoms. The number of aliphatic imine (C=N–C) groups is 1. The van der Waals surface area contributed by atoms with Crippen LogP contribution < -0.4 is 16.4 Å². The number of anilines is 1. The van der Waals surface area contributed by atoms with Crippen molar-refractivity contribution < 1.29 is 9.59 Å². The number of nitrogens with zero attached hydrogens (tertiary/aromatic N) is 1. The van der Waals surface area contributed by atoms with Gasteiger partial charge in [-0.3, -0.25) is 9.59 Å². The molecule has 3 rings (SSSR count). The van der Waals surface area contributed by atoms with Crippen molar-refractivity contribution >= 4 is 36.3 Å². The molecule has 2 amide bonds. The summed E-state index contributed by atoms with van der Waals surface area (Å²) in [6.07, 6.45) is -0.461. The maximum Gasteiger partial charge on any atom is 0.269 e. The third-order valence-electron chi connectivity index (χ3n) is 3.51. The highest BCUT2D eigenvalue weighted by molar-refractivity contribution is 7.80. The molecule has 0 aliphatic carbocycles. The van der Waals surface area contributed by atoms with Crippen LogP contribution >= 0.6 is 12.6 Å². The number of carbonyl (C=O) groups excluding carboxylic acids is 2. The van der Waals surface area contributed by atoms with E-state index < -0.39 is 6.17 Å². The average molecular weight is 370 g/mol. The normalized spacial score (nSPS) is 16.7. The summed E-state index contributed by atoms with van der Waals surface area (Å²) in [6, 6.07) is 17.2. The van der Waals surface area contributed by atoms with Crippen LogP contribution in [0.3, 0.4) is 0 Å². The highest BCUT2D eigenvalue weighted by Gasteiger charge is 2.24. The summed E-state index contributed by atoms with van der Waals surface area (Å²) < 4.78 is 0. The Morgan fingerprint density at radius 2 is 1.85 bits per heavy atom. The fourth-order valence-corrected chi connectivity index (χ4v) is 2.26. The molecular formula is C19H22N4O2S. The molecule has 0 radical (unpaired) electrons. The number of hydrogen-bond acceptors (Lipinski definition) is 5. The number of benzene rings is 2. The van der Waals surface area contributed by atoms with Crippen molar-refractivity contribution in [1.82, 2.24) is 5.32 Å². The minimum Gasteiger partial charge on any atom is -0.329 e. The number of benzodiazepines with no additional fused rings is 1. The second-order valence-corrected chi connectivity index (χ2v) is 6.09. The van der Waals surface area contributed by atoms with E-state index in [1.807, 2.05) is 61.5 Å². The molecule has 1 aliphatic heterocycles. The zero-order valence-electron chi connectivity index (χ0n) is 14.4. The van der Waals surface area contributed by atoms with Gasteiger partial charge in [0, 0.05) is 22.9 Å². The maximum atomic E-state index is 12.1. The van der Waals surface area contributed by atoms with Crippen LogP contribution in [0.2, 0.25) is 0 Å². The molecule has 0 spiro atoms. The quantitative estimate of drug-likeness (QED) is 0.488. The molecule has 2 atom stereocenters. The molecule has 0 saturated carbocycles. The molecule has 2 aromatic rings. The van der Waals surface area contributed by atoms with Crippen LogP contribution in [-0.2, 0) is 9.59 Å². The van der Waals surface area contributed by atoms with Gasteiger partial charge in [0.05, 0.1) is 11.4 Å². The minimum atomic E-state index is -0.940. The lowest BCUT2D eigenvalue weighted by Gasteiger charge is -2.09. The van der Waals surface area contributed by atoms with Crippen molar-refractivity contribution in [3.8, 4) is 0 Å². The van der Waals surface area contributed by atoms with Crippen molar-refractivity contribution in [2.75, 3.05) is 11.1 Å². The number of thiol groups is 1. The largest absolute Gasteiger partial charge is 0.329 e. The van der Waals surface area contributed by atoms with E-state index in [0.29, 0.717) is 17.8 Å². The summed E-state index contributed by atoms with van der Waals surface area (Å²) in [4.78, 5) is 27.2. The predicted octanol–water partition coefficient (Wildman–Crippen LogP) is 1.81. The van der Waals surface area contributed by atoms with Crippen molar-refractivity contribution in [2.24, 2.45) is 10.7 Å². The van der Waals surface area contributed by atoms with Crippen LogP contribution in [0, 0.1) is 0 Å². The van der Waals surface area contributed by atoms with Gasteiger partial charge in [0.1, 0.15) is 0 Å². The molecular weight excluding hydrogens is 348 g/mol. The Morgan fingerprint density at radius 1 is 1.23 bits per heavy atom. The summed E-state index contributed by atoms with van der Waals surface area (Å²) in [5, 5.41) is 5.21. The van der Waals surface area contributed by atoms with Gasteiger partial charge in [-0.25, -0.2) is 4.99 Å². The number of nitrogens with two attached hydrogens (primary N) is 1. The van der Waals surface area contributed by atoms with E-state index in [2.05, 4.69) is 28.3 Å². The van der Waals surface area contributed by atoms with Crippen LogP contribution in [-0.4, -0.2) is 36.0 Å². The number of hydrogen-bond donors (Lipinski definition) is 4. The van der Waals surface area contributed by atoms with Gasteiger partial charge < -0.3 is 16.4 Å². The first-order valence-corrected chi connectivity index (χ1v) is 8.79. The summed E-state index contributed by atoms with van der Waals surface area (Å²) >= 11 is 3.89. The second kappa shape index (κ2) is 9.74. The van der Waals surface area contributed by atoms with E-state index in [0.717, 1.165) is 16.9 Å². The minimum absolute atomic E-state index is 0.248. The number of para-hydroxylation sites is 1. The first kappa shape index (κ1) is 19.7. The molecule has 0 fully saturated rings. The molecule has 0 saturated heterocycles. The van der Waals surface area contributed by atoms with Crippen LogP contribution in [0.5, 0.6) is 0 Å². The standard InChI is InChI=1S/C16H13N3O2.C3H9NS/c20-10-17-15-16(21)18-13-9-5-4-8-12(13)14(19-15)11-6-2-1-3-7-11;1-3(4)2-5/h1-10,15H,(H,17,20)(H,18,21);3,5H,2,4H2,1H3/t;3-/m.1/s1. The molecule has 0 aromatic heterocycles. The van der Waals surface area contributed by atoms with Crippen LogP contribution in [0.1, 0.15) is 18.1 Å². The van der Waals surface area contributed by atoms with Gasteiger partial charge in [-0.05, 0) is 13.0 Å². The highest BCUT2D eigenvalue weighted by atomic mass is 32.1. The van der Waals surface area contributed by atoms with Gasteiger partial charge in [0.2, 0.25) is 12.6 Å². The van der Waals surface area contributed by atoms with Gasteiger partial charge >= 0.3 is 0 Å². The molecule has 6 nitrogen and oxygen atoms in total. The number of carbonyl (C=O) groups is 2. The smallest absolute Gasteiger partial charge is 0.269 e. The van der Waals surface area contributed by atoms with Crippen LogP contribution in [0.15, 0.2) is 59.6 Å². The monoisotopic (exact) mass is 370 g/mol. The van der Waals surface area contributed by atoms with E-state index in [4.69, 9.17) is 5.73 Å². The molecule has 4 N–H and O–H groups in total. The van der Waals surface area contributed by atoms with Crippen molar-refractivity contribution in [2.45, 2.75) is 19.1 Å². The summed E-state index contributed by atoms with van der Waals surface area (Å²) in [6.45, 7) is 1.92. The summed E-state index contributed by atoms with van der Waals surface area (Å²) in [5.74, 6) is 0.417. The molecule has 1 unspecified atom stereocenters. The van der Waals surface area contributed by atoms with Gasteiger partial charge in [-0.2, -0.15) is 12.6 Å². The molecule has 26 heavy (non-hydrogen) atoms. The van der Waals surface area contributed by atoms with Crippen LogP contribution in [0.4, 0.5) is 5.69 Å². The van der Waals surface area contributed by atoms with E-state index in [1.54, 1.807) is 0 Å². The van der Waals surface area contributed by atoms with Gasteiger partial charge in [-0.15, -0.1) is 0 Å². The zero-order chi connectivity index (χ0) is 18.9. The third-order valence-corrected chi connectivity index (χ3v) is 4.08. The van der Waals surface area contributed by atoms with Crippen molar-refractivity contribution in [1.29, 1.82) is 0 Å². The lowest BCUT2D eigenvalue weighted by atomic mass is 10.0. The molecule has 1 heterocycles. The fraction of sp³-hybridized carbons (Fsp3) is 0.211. The number of amides is 2. The Hall–Kier alpha value is -2.64. The number of nitrogens with one attached hydrogen (secondary N) is 2. The summed E-state index contributed by atoms with van der Waals surface area (Å²) in [7, 11) is 0. The molecule has 136 valence electrons. The van der Waals surface area contributed by atoms with Gasteiger partial charge in [0.25, 0.3) is 5.91 Å².